The predicted octanol–water partition coefficient (Wildman–Crippen LogP) is 3.78. The van der Waals surface area contributed by atoms with Crippen molar-refractivity contribution in [3.8, 4) is 0 Å². The summed E-state index contributed by atoms with van der Waals surface area (Å²) in [5.74, 6) is -1.26. The molecule has 0 aliphatic carbocycles. The number of nitrogens with one attached hydrogen (secondary N) is 1. The van der Waals surface area contributed by atoms with E-state index in [4.69, 9.17) is 9.84 Å². The molecule has 1 aromatic heterocycles. The molecule has 204 valence electrons. The van der Waals surface area contributed by atoms with E-state index in [1.807, 2.05) is 20.9 Å². The first kappa shape index (κ1) is 30.2. The number of unbranched alkanes of at least 4 members (excludes halogenated alkanes) is 2. The lowest BCUT2D eigenvalue weighted by Crippen LogP contribution is -2.57. The SMILES string of the molecule is CCCCCOCN(CCCc1nc(C(=O)O)cs1)C(=O)C(NC(=O)C1CCCCN1C)C(C)CC. The molecule has 9 nitrogen and oxygen atoms in total. The Morgan fingerprint density at radius 3 is 2.69 bits per heavy atom. The number of carboxylic acids is 1. The minimum Gasteiger partial charge on any atom is -0.476 e. The van der Waals surface area contributed by atoms with Crippen LogP contribution in [0.15, 0.2) is 5.38 Å². The van der Waals surface area contributed by atoms with Crippen LogP contribution in [-0.2, 0) is 20.7 Å². The fourth-order valence-electron chi connectivity index (χ4n) is 4.35. The zero-order valence-corrected chi connectivity index (χ0v) is 23.1. The number of aryl methyl sites for hydroxylation is 1. The predicted molar refractivity (Wildman–Crippen MR) is 141 cm³/mol. The summed E-state index contributed by atoms with van der Waals surface area (Å²) >= 11 is 1.32. The van der Waals surface area contributed by atoms with Crippen LogP contribution in [-0.4, -0.2) is 83.2 Å². The zero-order valence-electron chi connectivity index (χ0n) is 22.3. The van der Waals surface area contributed by atoms with Crippen molar-refractivity contribution in [3.05, 3.63) is 16.1 Å². The molecule has 36 heavy (non-hydrogen) atoms. The van der Waals surface area contributed by atoms with Gasteiger partial charge in [0.25, 0.3) is 0 Å². The van der Waals surface area contributed by atoms with Gasteiger partial charge in [-0.1, -0.05) is 46.5 Å². The number of carboxylic acid groups (broad SMARTS) is 1. The van der Waals surface area contributed by atoms with Gasteiger partial charge in [-0.15, -0.1) is 11.3 Å². The molecule has 1 aliphatic heterocycles. The molecule has 1 aromatic rings. The number of nitrogens with zero attached hydrogens (tertiary/aromatic N) is 3. The minimum atomic E-state index is -1.04. The van der Waals surface area contributed by atoms with E-state index in [1.165, 1.54) is 16.7 Å². The van der Waals surface area contributed by atoms with Gasteiger partial charge in [-0.25, -0.2) is 9.78 Å². The first-order valence-electron chi connectivity index (χ1n) is 13.3. The molecule has 2 N–H and O–H groups in total. The third-order valence-corrected chi connectivity index (χ3v) is 7.80. The number of hydrogen-bond donors (Lipinski definition) is 2. The van der Waals surface area contributed by atoms with Gasteiger partial charge in [-0.2, -0.15) is 0 Å². The van der Waals surface area contributed by atoms with Crippen LogP contribution in [0.4, 0.5) is 0 Å². The van der Waals surface area contributed by atoms with Crippen LogP contribution in [0.1, 0.15) is 87.6 Å². The highest BCUT2D eigenvalue weighted by Crippen LogP contribution is 2.18. The largest absolute Gasteiger partial charge is 0.476 e. The molecule has 0 saturated carbocycles. The number of hydrogen-bond acceptors (Lipinski definition) is 7. The van der Waals surface area contributed by atoms with Gasteiger partial charge < -0.3 is 20.1 Å². The topological polar surface area (TPSA) is 112 Å². The van der Waals surface area contributed by atoms with Crippen molar-refractivity contribution >= 4 is 29.1 Å². The molecule has 3 atom stereocenters. The van der Waals surface area contributed by atoms with E-state index in [0.717, 1.165) is 56.5 Å². The molecular weight excluding hydrogens is 480 g/mol. The van der Waals surface area contributed by atoms with Crippen LogP contribution in [0.2, 0.25) is 0 Å². The summed E-state index contributed by atoms with van der Waals surface area (Å²) in [6.07, 6.45) is 7.98. The van der Waals surface area contributed by atoms with Crippen molar-refractivity contribution in [1.29, 1.82) is 0 Å². The average molecular weight is 525 g/mol. The van der Waals surface area contributed by atoms with Crippen molar-refractivity contribution in [2.45, 2.75) is 90.6 Å². The van der Waals surface area contributed by atoms with Crippen LogP contribution in [0.25, 0.3) is 0 Å². The normalized spacial score (nSPS) is 17.9. The number of rotatable bonds is 16. The van der Waals surface area contributed by atoms with Crippen LogP contribution in [0, 0.1) is 5.92 Å². The Hall–Kier alpha value is -2.04. The lowest BCUT2D eigenvalue weighted by atomic mass is 9.96. The number of ether oxygens (including phenoxy) is 1. The maximum atomic E-state index is 13.7. The highest BCUT2D eigenvalue weighted by atomic mass is 32.1. The maximum Gasteiger partial charge on any atom is 0.355 e. The smallest absolute Gasteiger partial charge is 0.355 e. The van der Waals surface area contributed by atoms with Crippen LogP contribution < -0.4 is 5.32 Å². The van der Waals surface area contributed by atoms with E-state index >= 15 is 0 Å². The number of aromatic nitrogens is 1. The van der Waals surface area contributed by atoms with Gasteiger partial charge in [0.1, 0.15) is 12.8 Å². The second-order valence-corrected chi connectivity index (χ2v) is 10.7. The van der Waals surface area contributed by atoms with Crippen molar-refractivity contribution in [2.75, 3.05) is 33.5 Å². The van der Waals surface area contributed by atoms with Gasteiger partial charge in [0.05, 0.1) is 11.0 Å². The third-order valence-electron chi connectivity index (χ3n) is 6.89. The molecule has 10 heteroatoms. The highest BCUT2D eigenvalue weighted by Gasteiger charge is 2.34. The van der Waals surface area contributed by atoms with Crippen molar-refractivity contribution in [3.63, 3.8) is 0 Å². The Kier molecular flexibility index (Phi) is 13.4. The molecule has 0 spiro atoms. The number of likely N-dealkylation sites (N-methyl/N-ethyl adjacent to an activating group) is 1. The molecule has 1 saturated heterocycles. The van der Waals surface area contributed by atoms with Crippen molar-refractivity contribution < 1.29 is 24.2 Å². The van der Waals surface area contributed by atoms with E-state index < -0.39 is 12.0 Å². The van der Waals surface area contributed by atoms with Crippen LogP contribution in [0.3, 0.4) is 0 Å². The Balaban J connectivity index is 2.07. The van der Waals surface area contributed by atoms with Gasteiger partial charge in [0.15, 0.2) is 5.69 Å². The average Bonchev–Trinajstić information content (AvgIpc) is 3.34. The van der Waals surface area contributed by atoms with Gasteiger partial charge >= 0.3 is 5.97 Å². The van der Waals surface area contributed by atoms with E-state index in [1.54, 1.807) is 4.90 Å². The van der Waals surface area contributed by atoms with Crippen LogP contribution in [0.5, 0.6) is 0 Å². The molecule has 0 radical (unpaired) electrons. The second-order valence-electron chi connectivity index (χ2n) is 9.75. The zero-order chi connectivity index (χ0) is 26.5. The number of likely N-dealkylation sites (tertiary alicyclic amines) is 1. The fourth-order valence-corrected chi connectivity index (χ4v) is 5.16. The fraction of sp³-hybridized carbons (Fsp3) is 0.769. The Bertz CT molecular complexity index is 833. The molecule has 1 aliphatic rings. The number of carbonyl (C=O) groups excluding carboxylic acids is 2. The van der Waals surface area contributed by atoms with E-state index in [2.05, 4.69) is 22.1 Å². The monoisotopic (exact) mass is 524 g/mol. The number of amides is 2. The van der Waals surface area contributed by atoms with Crippen LogP contribution >= 0.6 is 11.3 Å². The third kappa shape index (κ3) is 9.44. The molecule has 2 amide bonds. The summed E-state index contributed by atoms with van der Waals surface area (Å²) in [7, 11) is 1.97. The standard InChI is InChI=1S/C26H44N4O5S/c1-5-7-10-16-35-18-30(15-11-13-22-27-20(17-36-22)26(33)34)25(32)23(19(3)6-2)28-24(31)21-12-8-9-14-29(21)4/h17,19,21,23H,5-16,18H2,1-4H3,(H,28,31)(H,33,34). The summed E-state index contributed by atoms with van der Waals surface area (Å²) in [6, 6.07) is -0.819. The van der Waals surface area contributed by atoms with Gasteiger partial charge in [-0.05, 0) is 45.2 Å². The van der Waals surface area contributed by atoms with E-state index in [0.29, 0.717) is 26.0 Å². The Labute approximate surface area is 219 Å². The molecule has 3 unspecified atom stereocenters. The summed E-state index contributed by atoms with van der Waals surface area (Å²) in [5.41, 5.74) is 0.0504. The van der Waals surface area contributed by atoms with Gasteiger partial charge in [-0.3, -0.25) is 14.5 Å². The number of carbonyl (C=O) groups is 3. The molecule has 2 rings (SSSR count). The van der Waals surface area contributed by atoms with Crippen molar-refractivity contribution in [2.24, 2.45) is 5.92 Å². The maximum absolute atomic E-state index is 13.7. The highest BCUT2D eigenvalue weighted by molar-refractivity contribution is 7.09. The van der Waals surface area contributed by atoms with E-state index in [9.17, 15) is 14.4 Å². The molecule has 2 heterocycles. The number of thiazole rings is 1. The number of aromatic carboxylic acids is 1. The van der Waals surface area contributed by atoms with Gasteiger partial charge in [0, 0.05) is 25.0 Å². The Morgan fingerprint density at radius 2 is 2.06 bits per heavy atom. The van der Waals surface area contributed by atoms with Gasteiger partial charge in [0.2, 0.25) is 11.8 Å². The number of piperidine rings is 1. The van der Waals surface area contributed by atoms with E-state index in [-0.39, 0.29) is 36.2 Å². The van der Waals surface area contributed by atoms with Crippen molar-refractivity contribution in [1.82, 2.24) is 20.1 Å². The molecule has 0 bridgehead atoms. The lowest BCUT2D eigenvalue weighted by Gasteiger charge is -2.35. The molecular formula is C26H44N4O5S. The summed E-state index contributed by atoms with van der Waals surface area (Å²) in [5, 5.41) is 14.4. The minimum absolute atomic E-state index is 0.0185. The summed E-state index contributed by atoms with van der Waals surface area (Å²) < 4.78 is 5.85. The first-order valence-corrected chi connectivity index (χ1v) is 14.2. The molecule has 1 fully saturated rings. The summed E-state index contributed by atoms with van der Waals surface area (Å²) in [4.78, 5) is 45.9. The Morgan fingerprint density at radius 1 is 1.28 bits per heavy atom. The summed E-state index contributed by atoms with van der Waals surface area (Å²) in [6.45, 7) is 8.24. The molecule has 0 aromatic carbocycles. The first-order chi connectivity index (χ1) is 17.3. The lowest BCUT2D eigenvalue weighted by molar-refractivity contribution is -0.144. The quantitative estimate of drug-likeness (QED) is 0.250. The second kappa shape index (κ2) is 15.9.